The smallest absolute Gasteiger partial charge is 0.231 e. The average Bonchev–Trinajstić information content (AvgIpc) is 2.39. The molecule has 2 rings (SSSR count). The van der Waals surface area contributed by atoms with E-state index >= 15 is 0 Å². The number of nitrogens with zero attached hydrogens (tertiary/aromatic N) is 3. The molecule has 0 spiro atoms. The highest BCUT2D eigenvalue weighted by Gasteiger charge is 2.13. The molecular weight excluding hydrogens is 348 g/mol. The fourth-order valence-corrected chi connectivity index (χ4v) is 2.30. The van der Waals surface area contributed by atoms with Crippen LogP contribution in [0.3, 0.4) is 0 Å². The maximum absolute atomic E-state index is 5.81. The van der Waals surface area contributed by atoms with Gasteiger partial charge in [-0.15, -0.1) is 0 Å². The number of methoxy groups -OCH3 is 2. The highest BCUT2D eigenvalue weighted by molar-refractivity contribution is 9.10. The van der Waals surface area contributed by atoms with Crippen molar-refractivity contribution in [3.63, 3.8) is 0 Å². The molecule has 0 unspecified atom stereocenters. The summed E-state index contributed by atoms with van der Waals surface area (Å²) < 4.78 is 11.3. The van der Waals surface area contributed by atoms with Crippen molar-refractivity contribution in [3.05, 3.63) is 27.7 Å². The highest BCUT2D eigenvalue weighted by Crippen LogP contribution is 2.38. The predicted molar refractivity (Wildman–Crippen MR) is 80.1 cm³/mol. The van der Waals surface area contributed by atoms with Crippen LogP contribution in [0.1, 0.15) is 5.82 Å². The minimum Gasteiger partial charge on any atom is -0.497 e. The summed E-state index contributed by atoms with van der Waals surface area (Å²) in [4.78, 5) is 12.1. The summed E-state index contributed by atoms with van der Waals surface area (Å²) in [6.45, 7) is 1.74. The van der Waals surface area contributed by atoms with Crippen LogP contribution in [-0.4, -0.2) is 29.2 Å². The lowest BCUT2D eigenvalue weighted by atomic mass is 10.2. The van der Waals surface area contributed by atoms with Gasteiger partial charge in [0.25, 0.3) is 0 Å². The van der Waals surface area contributed by atoms with E-state index < -0.39 is 0 Å². The zero-order valence-electron chi connectivity index (χ0n) is 11.1. The highest BCUT2D eigenvalue weighted by atomic mass is 79.9. The number of anilines is 2. The first-order valence-electron chi connectivity index (χ1n) is 5.60. The van der Waals surface area contributed by atoms with Crippen LogP contribution in [-0.2, 0) is 0 Å². The Kier molecular flexibility index (Phi) is 4.61. The van der Waals surface area contributed by atoms with E-state index in [2.05, 4.69) is 36.2 Å². The summed E-state index contributed by atoms with van der Waals surface area (Å²) >= 11 is 9.26. The summed E-state index contributed by atoms with van der Waals surface area (Å²) in [5.41, 5.74) is 0.676. The van der Waals surface area contributed by atoms with Crippen LogP contribution in [0.2, 0.25) is 5.28 Å². The quantitative estimate of drug-likeness (QED) is 0.903. The fraction of sp³-hybridized carbons (Fsp3) is 0.250. The van der Waals surface area contributed by atoms with Crippen molar-refractivity contribution in [2.24, 2.45) is 0 Å². The first-order chi connectivity index (χ1) is 9.53. The number of aromatic nitrogens is 3. The topological polar surface area (TPSA) is 69.2 Å². The molecule has 0 amide bonds. The second-order valence-corrected chi connectivity index (χ2v) is 4.98. The van der Waals surface area contributed by atoms with Crippen molar-refractivity contribution in [2.75, 3.05) is 19.5 Å². The Labute approximate surface area is 129 Å². The molecule has 0 atom stereocenters. The number of hydrogen-bond acceptors (Lipinski definition) is 6. The van der Waals surface area contributed by atoms with Crippen molar-refractivity contribution in [1.82, 2.24) is 15.0 Å². The van der Waals surface area contributed by atoms with Crippen LogP contribution < -0.4 is 14.8 Å². The van der Waals surface area contributed by atoms with Gasteiger partial charge >= 0.3 is 0 Å². The molecule has 0 aliphatic carbocycles. The van der Waals surface area contributed by atoms with E-state index in [-0.39, 0.29) is 5.28 Å². The van der Waals surface area contributed by atoms with Crippen LogP contribution in [0.15, 0.2) is 16.6 Å². The Morgan fingerprint density at radius 3 is 2.50 bits per heavy atom. The SMILES string of the molecule is COc1cc(Br)c(Nc2nc(C)nc(Cl)n2)c(OC)c1. The standard InChI is InChI=1S/C12H12BrClN4O2/c1-6-15-11(14)18-12(16-6)17-10-8(13)4-7(19-2)5-9(10)20-3/h4-5H,1-3H3,(H,15,16,17,18). The molecule has 106 valence electrons. The molecule has 20 heavy (non-hydrogen) atoms. The third kappa shape index (κ3) is 3.29. The number of halogens is 2. The summed E-state index contributed by atoms with van der Waals surface area (Å²) in [6.07, 6.45) is 0. The number of hydrogen-bond donors (Lipinski definition) is 1. The first-order valence-corrected chi connectivity index (χ1v) is 6.77. The Balaban J connectivity index is 2.42. The summed E-state index contributed by atoms with van der Waals surface area (Å²) in [6, 6.07) is 3.56. The maximum atomic E-state index is 5.81. The van der Waals surface area contributed by atoms with Gasteiger partial charge in [-0.25, -0.2) is 4.98 Å². The first kappa shape index (κ1) is 14.8. The van der Waals surface area contributed by atoms with Crippen LogP contribution >= 0.6 is 27.5 Å². The van der Waals surface area contributed by atoms with Gasteiger partial charge in [0.05, 0.1) is 19.9 Å². The van der Waals surface area contributed by atoms with E-state index in [1.54, 1.807) is 33.3 Å². The van der Waals surface area contributed by atoms with E-state index in [4.69, 9.17) is 21.1 Å². The number of rotatable bonds is 4. The number of nitrogens with one attached hydrogen (secondary N) is 1. The van der Waals surface area contributed by atoms with Gasteiger partial charge in [-0.2, -0.15) is 9.97 Å². The molecule has 8 heteroatoms. The molecule has 1 N–H and O–H groups in total. The number of ether oxygens (including phenoxy) is 2. The van der Waals surface area contributed by atoms with Gasteiger partial charge in [0.15, 0.2) is 0 Å². The summed E-state index contributed by atoms with van der Waals surface area (Å²) in [7, 11) is 3.15. The van der Waals surface area contributed by atoms with Crippen molar-refractivity contribution >= 4 is 39.2 Å². The van der Waals surface area contributed by atoms with Crippen LogP contribution in [0.4, 0.5) is 11.6 Å². The number of benzene rings is 1. The zero-order valence-corrected chi connectivity index (χ0v) is 13.4. The summed E-state index contributed by atoms with van der Waals surface area (Å²) in [5, 5.41) is 3.18. The van der Waals surface area contributed by atoms with Gasteiger partial charge in [-0.1, -0.05) is 0 Å². The van der Waals surface area contributed by atoms with Crippen molar-refractivity contribution in [2.45, 2.75) is 6.92 Å². The molecule has 0 aliphatic rings. The monoisotopic (exact) mass is 358 g/mol. The summed E-state index contributed by atoms with van der Waals surface area (Å²) in [5.74, 6) is 2.12. The average molecular weight is 360 g/mol. The predicted octanol–water partition coefficient (Wildman–Crippen LogP) is 3.36. The van der Waals surface area contributed by atoms with E-state index in [9.17, 15) is 0 Å². The Hall–Kier alpha value is -1.60. The van der Waals surface area contributed by atoms with Gasteiger partial charge in [0.1, 0.15) is 17.3 Å². The van der Waals surface area contributed by atoms with Crippen molar-refractivity contribution in [1.29, 1.82) is 0 Å². The lowest BCUT2D eigenvalue weighted by molar-refractivity contribution is 0.395. The van der Waals surface area contributed by atoms with Crippen molar-refractivity contribution < 1.29 is 9.47 Å². The Bertz CT molecular complexity index is 619. The third-order valence-electron chi connectivity index (χ3n) is 2.44. The van der Waals surface area contributed by atoms with Crippen molar-refractivity contribution in [3.8, 4) is 11.5 Å². The second-order valence-electron chi connectivity index (χ2n) is 3.79. The van der Waals surface area contributed by atoms with Gasteiger partial charge in [0, 0.05) is 10.5 Å². The Morgan fingerprint density at radius 1 is 1.15 bits per heavy atom. The Morgan fingerprint density at radius 2 is 1.90 bits per heavy atom. The van der Waals surface area contributed by atoms with Crippen LogP contribution in [0.5, 0.6) is 11.5 Å². The normalized spacial score (nSPS) is 10.2. The molecule has 0 saturated carbocycles. The molecular formula is C12H12BrClN4O2. The molecule has 0 aliphatic heterocycles. The lowest BCUT2D eigenvalue weighted by Gasteiger charge is -2.13. The van der Waals surface area contributed by atoms with E-state index in [1.165, 1.54) is 0 Å². The van der Waals surface area contributed by atoms with E-state index in [0.717, 1.165) is 4.47 Å². The molecule has 0 fully saturated rings. The van der Waals surface area contributed by atoms with Gasteiger partial charge in [-0.3, -0.25) is 0 Å². The van der Waals surface area contributed by atoms with E-state index in [0.29, 0.717) is 29.0 Å². The third-order valence-corrected chi connectivity index (χ3v) is 3.23. The van der Waals surface area contributed by atoms with Crippen LogP contribution in [0.25, 0.3) is 0 Å². The molecule has 1 aromatic carbocycles. The molecule has 1 aromatic heterocycles. The van der Waals surface area contributed by atoms with E-state index in [1.807, 2.05) is 0 Å². The van der Waals surface area contributed by atoms with Gasteiger partial charge in [0.2, 0.25) is 11.2 Å². The largest absolute Gasteiger partial charge is 0.497 e. The molecule has 6 nitrogen and oxygen atoms in total. The molecule has 0 saturated heterocycles. The maximum Gasteiger partial charge on any atom is 0.231 e. The lowest BCUT2D eigenvalue weighted by Crippen LogP contribution is -2.03. The second kappa shape index (κ2) is 6.23. The van der Waals surface area contributed by atoms with Gasteiger partial charge in [-0.05, 0) is 40.5 Å². The number of aryl methyl sites for hydroxylation is 1. The minimum absolute atomic E-state index is 0.128. The van der Waals surface area contributed by atoms with Crippen LogP contribution in [0, 0.1) is 6.92 Å². The molecule has 0 bridgehead atoms. The molecule has 0 radical (unpaired) electrons. The van der Waals surface area contributed by atoms with Gasteiger partial charge < -0.3 is 14.8 Å². The molecule has 1 heterocycles. The molecule has 2 aromatic rings. The fourth-order valence-electron chi connectivity index (χ4n) is 1.57. The zero-order chi connectivity index (χ0) is 14.7. The minimum atomic E-state index is 0.128.